The second-order valence-electron chi connectivity index (χ2n) is 6.63. The minimum atomic E-state index is -0.525. The van der Waals surface area contributed by atoms with Crippen molar-refractivity contribution in [3.8, 4) is 11.5 Å². The zero-order chi connectivity index (χ0) is 21.0. The molecule has 0 saturated carbocycles. The normalized spacial score (nSPS) is 13.1. The van der Waals surface area contributed by atoms with Crippen LogP contribution in [0.4, 0.5) is 0 Å². The van der Waals surface area contributed by atoms with Crippen LogP contribution in [-0.4, -0.2) is 35.5 Å². The molecule has 0 aliphatic carbocycles. The van der Waals surface area contributed by atoms with Gasteiger partial charge in [0.15, 0.2) is 11.5 Å². The minimum absolute atomic E-state index is 0.106. The Balaban J connectivity index is 1.84. The van der Waals surface area contributed by atoms with E-state index in [1.165, 1.54) is 20.1 Å². The van der Waals surface area contributed by atoms with E-state index in [1.54, 1.807) is 41.3 Å². The third-order valence-electron chi connectivity index (χ3n) is 4.45. The van der Waals surface area contributed by atoms with Gasteiger partial charge in [-0.25, -0.2) is 0 Å². The highest BCUT2D eigenvalue weighted by Crippen LogP contribution is 2.34. The average Bonchev–Trinajstić information content (AvgIpc) is 2.67. The maximum Gasteiger partial charge on any atom is 0.308 e. The fourth-order valence-electron chi connectivity index (χ4n) is 3.19. The summed E-state index contributed by atoms with van der Waals surface area (Å²) in [6, 6.07) is 10.3. The number of nitrogens with two attached hydrogens (primary N) is 1. The van der Waals surface area contributed by atoms with Gasteiger partial charge in [0.25, 0.3) is 5.91 Å². The van der Waals surface area contributed by atoms with E-state index in [9.17, 15) is 14.4 Å². The number of hydrogen-bond donors (Lipinski definition) is 1. The number of nitrogens with zero attached hydrogens (tertiary/aromatic N) is 2. The van der Waals surface area contributed by atoms with Gasteiger partial charge in [-0.1, -0.05) is 12.1 Å². The molecule has 0 unspecified atom stereocenters. The zero-order valence-electron chi connectivity index (χ0n) is 16.2. The fourth-order valence-corrected chi connectivity index (χ4v) is 3.19. The number of esters is 2. The molecular formula is C21H21N3O5. The Kier molecular flexibility index (Phi) is 5.92. The zero-order valence-corrected chi connectivity index (χ0v) is 16.2. The number of fused-ring (bicyclic) bond motifs is 1. The van der Waals surface area contributed by atoms with Crippen LogP contribution in [0.15, 0.2) is 41.5 Å². The topological polar surface area (TPSA) is 111 Å². The molecule has 0 bridgehead atoms. The first kappa shape index (κ1) is 20.1. The Morgan fingerprint density at radius 2 is 1.59 bits per heavy atom. The number of rotatable bonds is 4. The van der Waals surface area contributed by atoms with Crippen molar-refractivity contribution in [2.45, 2.75) is 26.8 Å². The van der Waals surface area contributed by atoms with Gasteiger partial charge >= 0.3 is 11.9 Å². The van der Waals surface area contributed by atoms with Gasteiger partial charge in [-0.3, -0.25) is 14.4 Å². The number of benzene rings is 2. The summed E-state index contributed by atoms with van der Waals surface area (Å²) < 4.78 is 10.4. The number of hydrazone groups is 1. The van der Waals surface area contributed by atoms with Crippen LogP contribution in [0.25, 0.3) is 0 Å². The van der Waals surface area contributed by atoms with E-state index in [4.69, 9.17) is 15.3 Å². The van der Waals surface area contributed by atoms with Crippen LogP contribution in [0.2, 0.25) is 0 Å². The second kappa shape index (κ2) is 8.55. The van der Waals surface area contributed by atoms with E-state index in [0.717, 1.165) is 16.7 Å². The van der Waals surface area contributed by atoms with E-state index in [-0.39, 0.29) is 17.4 Å². The SMILES string of the molecule is CC(=O)Oc1cc2c(cc1OC(C)=O)CN(C(=O)c1ccc(/C=N/N)cc1)CC2. The largest absolute Gasteiger partial charge is 0.423 e. The van der Waals surface area contributed by atoms with Crippen LogP contribution in [0.3, 0.4) is 0 Å². The summed E-state index contributed by atoms with van der Waals surface area (Å²) in [5.74, 6) is 4.35. The number of hydrogen-bond acceptors (Lipinski definition) is 7. The van der Waals surface area contributed by atoms with Crippen molar-refractivity contribution in [3.63, 3.8) is 0 Å². The van der Waals surface area contributed by atoms with E-state index in [1.807, 2.05) is 0 Å². The molecule has 3 rings (SSSR count). The van der Waals surface area contributed by atoms with Crippen molar-refractivity contribution in [1.29, 1.82) is 0 Å². The summed E-state index contributed by atoms with van der Waals surface area (Å²) in [6.45, 7) is 3.42. The summed E-state index contributed by atoms with van der Waals surface area (Å²) in [6.07, 6.45) is 2.09. The van der Waals surface area contributed by atoms with Crippen molar-refractivity contribution in [3.05, 3.63) is 58.7 Å². The molecule has 1 heterocycles. The molecule has 1 amide bonds. The third-order valence-corrected chi connectivity index (χ3v) is 4.45. The quantitative estimate of drug-likeness (QED) is 0.279. The van der Waals surface area contributed by atoms with E-state index in [0.29, 0.717) is 25.1 Å². The highest BCUT2D eigenvalue weighted by molar-refractivity contribution is 5.95. The lowest BCUT2D eigenvalue weighted by atomic mass is 9.98. The van der Waals surface area contributed by atoms with Crippen LogP contribution in [-0.2, 0) is 22.6 Å². The summed E-state index contributed by atoms with van der Waals surface area (Å²) in [4.78, 5) is 37.3. The molecule has 0 atom stereocenters. The average molecular weight is 395 g/mol. The van der Waals surface area contributed by atoms with Crippen LogP contribution < -0.4 is 15.3 Å². The lowest BCUT2D eigenvalue weighted by Gasteiger charge is -2.29. The Bertz CT molecular complexity index is 983. The van der Waals surface area contributed by atoms with Gasteiger partial charge < -0.3 is 20.2 Å². The standard InChI is InChI=1S/C21H21N3O5/c1-13(25)28-19-9-17-7-8-24(12-18(17)10-20(19)29-14(2)26)21(27)16-5-3-15(4-6-16)11-23-22/h3-6,9-11H,7-8,12,22H2,1-2H3/b23-11+. The van der Waals surface area contributed by atoms with Gasteiger partial charge in [0, 0.05) is 32.5 Å². The monoisotopic (exact) mass is 395 g/mol. The lowest BCUT2D eigenvalue weighted by molar-refractivity contribution is -0.134. The molecule has 0 radical (unpaired) electrons. The van der Waals surface area contributed by atoms with Gasteiger partial charge in [-0.15, -0.1) is 0 Å². The highest BCUT2D eigenvalue weighted by Gasteiger charge is 2.24. The highest BCUT2D eigenvalue weighted by atomic mass is 16.6. The number of carbonyl (C=O) groups excluding carboxylic acids is 3. The number of ether oxygens (including phenoxy) is 2. The Morgan fingerprint density at radius 1 is 1.00 bits per heavy atom. The number of carbonyl (C=O) groups is 3. The van der Waals surface area contributed by atoms with E-state index < -0.39 is 11.9 Å². The second-order valence-corrected chi connectivity index (χ2v) is 6.63. The summed E-state index contributed by atoms with van der Waals surface area (Å²) >= 11 is 0. The first-order chi connectivity index (χ1) is 13.9. The van der Waals surface area contributed by atoms with E-state index >= 15 is 0 Å². The molecule has 2 aromatic carbocycles. The number of amides is 1. The molecule has 2 N–H and O–H groups in total. The van der Waals surface area contributed by atoms with Gasteiger partial charge in [0.2, 0.25) is 0 Å². The Morgan fingerprint density at radius 3 is 2.14 bits per heavy atom. The molecule has 1 aliphatic rings. The fraction of sp³-hybridized carbons (Fsp3) is 0.238. The maximum atomic E-state index is 12.9. The molecule has 8 nitrogen and oxygen atoms in total. The van der Waals surface area contributed by atoms with Crippen LogP contribution in [0.1, 0.15) is 40.9 Å². The van der Waals surface area contributed by atoms with Crippen molar-refractivity contribution < 1.29 is 23.9 Å². The molecule has 1 aliphatic heterocycles. The summed E-state index contributed by atoms with van der Waals surface area (Å²) in [7, 11) is 0. The third kappa shape index (κ3) is 4.78. The molecule has 8 heteroatoms. The predicted molar refractivity (Wildman–Crippen MR) is 106 cm³/mol. The van der Waals surface area contributed by atoms with Crippen molar-refractivity contribution in [2.24, 2.45) is 10.9 Å². The minimum Gasteiger partial charge on any atom is -0.423 e. The molecule has 0 aromatic heterocycles. The molecular weight excluding hydrogens is 374 g/mol. The maximum absolute atomic E-state index is 12.9. The molecule has 2 aromatic rings. The summed E-state index contributed by atoms with van der Waals surface area (Å²) in [5.41, 5.74) is 3.13. The van der Waals surface area contributed by atoms with Crippen LogP contribution in [0, 0.1) is 0 Å². The first-order valence-corrected chi connectivity index (χ1v) is 9.02. The molecule has 0 fully saturated rings. The van der Waals surface area contributed by atoms with Gasteiger partial charge in [-0.2, -0.15) is 5.10 Å². The molecule has 150 valence electrons. The molecule has 0 saturated heterocycles. The summed E-state index contributed by atoms with van der Waals surface area (Å²) in [5, 5.41) is 3.46. The Hall–Kier alpha value is -3.68. The molecule has 29 heavy (non-hydrogen) atoms. The van der Waals surface area contributed by atoms with Gasteiger partial charge in [-0.05, 0) is 47.4 Å². The van der Waals surface area contributed by atoms with Crippen molar-refractivity contribution >= 4 is 24.1 Å². The molecule has 0 spiro atoms. The lowest BCUT2D eigenvalue weighted by Crippen LogP contribution is -2.36. The van der Waals surface area contributed by atoms with E-state index in [2.05, 4.69) is 5.10 Å². The van der Waals surface area contributed by atoms with Crippen LogP contribution >= 0.6 is 0 Å². The smallest absolute Gasteiger partial charge is 0.308 e. The predicted octanol–water partition coefficient (Wildman–Crippen LogP) is 2.03. The van der Waals surface area contributed by atoms with Gasteiger partial charge in [0.1, 0.15) is 0 Å². The van der Waals surface area contributed by atoms with Crippen molar-refractivity contribution in [2.75, 3.05) is 6.54 Å². The van der Waals surface area contributed by atoms with Crippen molar-refractivity contribution in [1.82, 2.24) is 4.90 Å². The first-order valence-electron chi connectivity index (χ1n) is 9.02. The van der Waals surface area contributed by atoms with Gasteiger partial charge in [0.05, 0.1) is 6.21 Å². The Labute approximate surface area is 167 Å². The van der Waals surface area contributed by atoms with Crippen LogP contribution in [0.5, 0.6) is 11.5 Å².